The lowest BCUT2D eigenvalue weighted by Crippen LogP contribution is -2.19. The van der Waals surface area contributed by atoms with Crippen LogP contribution in [0.15, 0.2) is 82.6 Å². The van der Waals surface area contributed by atoms with Crippen LogP contribution in [0.4, 0.5) is 11.4 Å². The number of nitrogens with one attached hydrogen (secondary N) is 3. The van der Waals surface area contributed by atoms with Crippen LogP contribution >= 0.6 is 28.1 Å². The zero-order valence-corrected chi connectivity index (χ0v) is 17.9. The number of anilines is 2. The maximum atomic E-state index is 12.0. The summed E-state index contributed by atoms with van der Waals surface area (Å²) in [5.41, 5.74) is 6.37. The Hall–Kier alpha value is -3.10. The van der Waals surface area contributed by atoms with Gasteiger partial charge in [-0.1, -0.05) is 28.1 Å². The summed E-state index contributed by atoms with van der Waals surface area (Å²) in [6.45, 7) is 1.83. The van der Waals surface area contributed by atoms with Crippen LogP contribution in [-0.4, -0.2) is 21.7 Å². The van der Waals surface area contributed by atoms with Gasteiger partial charge in [-0.3, -0.25) is 9.78 Å². The lowest BCUT2D eigenvalue weighted by Gasteiger charge is -2.11. The highest BCUT2D eigenvalue weighted by Gasteiger charge is 2.05. The van der Waals surface area contributed by atoms with Crippen LogP contribution in [0.2, 0.25) is 0 Å². The molecule has 0 saturated heterocycles. The van der Waals surface area contributed by atoms with Gasteiger partial charge in [0, 0.05) is 33.8 Å². The summed E-state index contributed by atoms with van der Waals surface area (Å²) in [4.78, 5) is 15.9. The minimum absolute atomic E-state index is 0.283. The van der Waals surface area contributed by atoms with Crippen LogP contribution in [0, 0.1) is 0 Å². The molecular weight excluding hydrogens is 450 g/mol. The average molecular weight is 468 g/mol. The predicted molar refractivity (Wildman–Crippen MR) is 124 cm³/mol. The fourth-order valence-electron chi connectivity index (χ4n) is 2.39. The molecular formula is C21H18BrN5OS. The first kappa shape index (κ1) is 20.6. The summed E-state index contributed by atoms with van der Waals surface area (Å²) >= 11 is 8.75. The largest absolute Gasteiger partial charge is 0.332 e. The van der Waals surface area contributed by atoms with E-state index in [1.165, 1.54) is 0 Å². The number of halogens is 1. The lowest BCUT2D eigenvalue weighted by atomic mass is 10.1. The van der Waals surface area contributed by atoms with E-state index in [9.17, 15) is 4.79 Å². The lowest BCUT2D eigenvalue weighted by molar-refractivity contribution is 0.0954. The number of rotatable bonds is 5. The predicted octanol–water partition coefficient (Wildman–Crippen LogP) is 4.81. The van der Waals surface area contributed by atoms with E-state index in [2.05, 4.69) is 42.1 Å². The molecule has 0 fully saturated rings. The van der Waals surface area contributed by atoms with Crippen molar-refractivity contribution in [2.45, 2.75) is 6.92 Å². The van der Waals surface area contributed by atoms with Crippen molar-refractivity contribution in [3.63, 3.8) is 0 Å². The normalized spacial score (nSPS) is 10.9. The minimum Gasteiger partial charge on any atom is -0.332 e. The summed E-state index contributed by atoms with van der Waals surface area (Å²) in [5, 5.41) is 10.9. The minimum atomic E-state index is -0.283. The van der Waals surface area contributed by atoms with Crippen molar-refractivity contribution in [3.05, 3.63) is 88.7 Å². The second-order valence-corrected chi connectivity index (χ2v) is 7.36. The molecule has 0 aliphatic rings. The zero-order valence-electron chi connectivity index (χ0n) is 15.5. The fraction of sp³-hybridized carbons (Fsp3) is 0.0476. The standard InChI is InChI=1S/C21H18BrN5OS/c1-14(26-27-20(28)16-10-12-23-13-11-16)15-2-6-18(7-3-15)24-21(29)25-19-8-4-17(22)5-9-19/h2-13H,1H3,(H,27,28)(H2,24,25,29)/b26-14+. The van der Waals surface area contributed by atoms with Gasteiger partial charge >= 0.3 is 0 Å². The SMILES string of the molecule is C/C(=N\NC(=O)c1ccncc1)c1ccc(NC(=S)Nc2ccc(Br)cc2)cc1. The number of carbonyl (C=O) groups excluding carboxylic acids is 1. The molecule has 0 bridgehead atoms. The van der Waals surface area contributed by atoms with Gasteiger partial charge in [0.1, 0.15) is 0 Å². The van der Waals surface area contributed by atoms with Gasteiger partial charge < -0.3 is 10.6 Å². The quantitative estimate of drug-likeness (QED) is 0.285. The van der Waals surface area contributed by atoms with Crippen molar-refractivity contribution in [1.82, 2.24) is 10.4 Å². The molecule has 2 aromatic carbocycles. The number of hydrogen-bond acceptors (Lipinski definition) is 4. The van der Waals surface area contributed by atoms with E-state index in [0.29, 0.717) is 16.4 Å². The average Bonchev–Trinajstić information content (AvgIpc) is 2.74. The van der Waals surface area contributed by atoms with Crippen LogP contribution in [0.5, 0.6) is 0 Å². The number of pyridine rings is 1. The molecule has 0 aliphatic heterocycles. The number of hydrazone groups is 1. The van der Waals surface area contributed by atoms with E-state index in [1.54, 1.807) is 24.5 Å². The van der Waals surface area contributed by atoms with Crippen LogP contribution in [0.1, 0.15) is 22.8 Å². The molecule has 3 N–H and O–H groups in total. The summed E-state index contributed by atoms with van der Waals surface area (Å²) in [6.07, 6.45) is 3.13. The summed E-state index contributed by atoms with van der Waals surface area (Å²) in [5.74, 6) is -0.283. The third-order valence-corrected chi connectivity index (χ3v) is 4.66. The molecule has 0 radical (unpaired) electrons. The highest BCUT2D eigenvalue weighted by Crippen LogP contribution is 2.15. The van der Waals surface area contributed by atoms with E-state index >= 15 is 0 Å². The van der Waals surface area contributed by atoms with Gasteiger partial charge in [-0.25, -0.2) is 5.43 Å². The van der Waals surface area contributed by atoms with E-state index < -0.39 is 0 Å². The molecule has 1 aromatic heterocycles. The highest BCUT2D eigenvalue weighted by molar-refractivity contribution is 9.10. The Morgan fingerprint density at radius 3 is 2.03 bits per heavy atom. The first-order valence-electron chi connectivity index (χ1n) is 8.70. The second-order valence-electron chi connectivity index (χ2n) is 6.04. The number of carbonyl (C=O) groups is 1. The second kappa shape index (κ2) is 9.90. The molecule has 3 rings (SSSR count). The van der Waals surface area contributed by atoms with E-state index in [-0.39, 0.29) is 5.91 Å². The van der Waals surface area contributed by atoms with Gasteiger partial charge in [0.2, 0.25) is 0 Å². The van der Waals surface area contributed by atoms with Crippen molar-refractivity contribution < 1.29 is 4.79 Å². The van der Waals surface area contributed by atoms with Crippen LogP contribution in [0.3, 0.4) is 0 Å². The zero-order chi connectivity index (χ0) is 20.6. The Balaban J connectivity index is 1.56. The van der Waals surface area contributed by atoms with Crippen LogP contribution in [-0.2, 0) is 0 Å². The first-order chi connectivity index (χ1) is 14.0. The summed E-state index contributed by atoms with van der Waals surface area (Å²) < 4.78 is 1.01. The summed E-state index contributed by atoms with van der Waals surface area (Å²) in [6, 6.07) is 18.6. The van der Waals surface area contributed by atoms with Crippen molar-refractivity contribution in [3.8, 4) is 0 Å². The maximum absolute atomic E-state index is 12.0. The van der Waals surface area contributed by atoms with Gasteiger partial charge in [-0.05, 0) is 73.2 Å². The first-order valence-corrected chi connectivity index (χ1v) is 9.90. The Bertz CT molecular complexity index is 1020. The molecule has 0 atom stereocenters. The van der Waals surface area contributed by atoms with E-state index in [0.717, 1.165) is 21.4 Å². The monoisotopic (exact) mass is 467 g/mol. The van der Waals surface area contributed by atoms with E-state index in [4.69, 9.17) is 12.2 Å². The van der Waals surface area contributed by atoms with Gasteiger partial charge in [0.05, 0.1) is 5.71 Å². The van der Waals surface area contributed by atoms with Crippen molar-refractivity contribution >= 4 is 56.3 Å². The van der Waals surface area contributed by atoms with Crippen LogP contribution in [0.25, 0.3) is 0 Å². The molecule has 3 aromatic rings. The summed E-state index contributed by atoms with van der Waals surface area (Å²) in [7, 11) is 0. The third kappa shape index (κ3) is 6.20. The molecule has 1 heterocycles. The Morgan fingerprint density at radius 1 is 0.897 bits per heavy atom. The van der Waals surface area contributed by atoms with Gasteiger partial charge in [0.25, 0.3) is 5.91 Å². The highest BCUT2D eigenvalue weighted by atomic mass is 79.9. The van der Waals surface area contributed by atoms with Crippen molar-refractivity contribution in [2.24, 2.45) is 5.10 Å². The fourth-order valence-corrected chi connectivity index (χ4v) is 2.89. The molecule has 0 aliphatic carbocycles. The number of hydrogen-bond donors (Lipinski definition) is 3. The van der Waals surface area contributed by atoms with Crippen molar-refractivity contribution in [1.29, 1.82) is 0 Å². The van der Waals surface area contributed by atoms with Gasteiger partial charge in [-0.15, -0.1) is 0 Å². The Kier molecular flexibility index (Phi) is 7.04. The number of thiocarbonyl (C=S) groups is 1. The molecule has 0 spiro atoms. The van der Waals surface area contributed by atoms with Gasteiger partial charge in [-0.2, -0.15) is 5.10 Å². The van der Waals surface area contributed by atoms with Crippen LogP contribution < -0.4 is 16.1 Å². The molecule has 0 saturated carbocycles. The third-order valence-electron chi connectivity index (χ3n) is 3.93. The Labute approximate surface area is 182 Å². The van der Waals surface area contributed by atoms with E-state index in [1.807, 2.05) is 55.5 Å². The maximum Gasteiger partial charge on any atom is 0.271 e. The number of aromatic nitrogens is 1. The molecule has 29 heavy (non-hydrogen) atoms. The number of benzene rings is 2. The number of amides is 1. The topological polar surface area (TPSA) is 78.4 Å². The molecule has 1 amide bonds. The molecule has 146 valence electrons. The Morgan fingerprint density at radius 2 is 1.45 bits per heavy atom. The number of nitrogens with zero attached hydrogens (tertiary/aromatic N) is 2. The molecule has 6 nitrogen and oxygen atoms in total. The van der Waals surface area contributed by atoms with Crippen molar-refractivity contribution in [2.75, 3.05) is 10.6 Å². The van der Waals surface area contributed by atoms with Gasteiger partial charge in [0.15, 0.2) is 5.11 Å². The smallest absolute Gasteiger partial charge is 0.271 e. The molecule has 8 heteroatoms. The molecule has 0 unspecified atom stereocenters.